The van der Waals surface area contributed by atoms with Gasteiger partial charge in [0.2, 0.25) is 0 Å². The molecule has 1 aromatic carbocycles. The highest BCUT2D eigenvalue weighted by molar-refractivity contribution is 7.99. The molecule has 3 nitrogen and oxygen atoms in total. The van der Waals surface area contributed by atoms with E-state index in [0.717, 1.165) is 42.9 Å². The van der Waals surface area contributed by atoms with E-state index in [1.807, 2.05) is 23.9 Å². The van der Waals surface area contributed by atoms with Crippen molar-refractivity contribution in [2.75, 3.05) is 18.1 Å². The summed E-state index contributed by atoms with van der Waals surface area (Å²) >= 11 is 7.97. The van der Waals surface area contributed by atoms with Gasteiger partial charge in [-0.15, -0.1) is 0 Å². The minimum atomic E-state index is -0.588. The maximum Gasteiger partial charge on any atom is 0.125 e. The number of benzene rings is 1. The lowest BCUT2D eigenvalue weighted by atomic mass is 9.91. The van der Waals surface area contributed by atoms with Gasteiger partial charge in [-0.05, 0) is 37.3 Å². The molecule has 21 heavy (non-hydrogen) atoms. The Balaban J connectivity index is 1.74. The van der Waals surface area contributed by atoms with E-state index >= 15 is 0 Å². The van der Waals surface area contributed by atoms with E-state index in [1.165, 1.54) is 5.75 Å². The first-order valence-electron chi connectivity index (χ1n) is 7.44. The molecule has 0 radical (unpaired) electrons. The predicted octanol–water partition coefficient (Wildman–Crippen LogP) is 3.83. The molecular formula is C16H21ClO3S. The molecule has 0 aromatic heterocycles. The first kappa shape index (κ1) is 15.5. The zero-order chi connectivity index (χ0) is 14.9. The van der Waals surface area contributed by atoms with Gasteiger partial charge in [0, 0.05) is 29.2 Å². The number of hydrogen-bond donors (Lipinski definition) is 1. The van der Waals surface area contributed by atoms with Crippen LogP contribution in [0.15, 0.2) is 18.2 Å². The molecule has 5 heteroatoms. The number of hydrogen-bond acceptors (Lipinski definition) is 4. The van der Waals surface area contributed by atoms with Crippen molar-refractivity contribution in [1.82, 2.24) is 0 Å². The Morgan fingerprint density at radius 1 is 1.52 bits per heavy atom. The summed E-state index contributed by atoms with van der Waals surface area (Å²) in [5, 5.41) is 10.5. The summed E-state index contributed by atoms with van der Waals surface area (Å²) in [5.41, 5.74) is 0.759. The summed E-state index contributed by atoms with van der Waals surface area (Å²) in [6.07, 6.45) is 2.50. The van der Waals surface area contributed by atoms with Crippen molar-refractivity contribution in [2.45, 2.75) is 44.0 Å². The predicted molar refractivity (Wildman–Crippen MR) is 86.4 cm³/mol. The van der Waals surface area contributed by atoms with E-state index < -0.39 is 6.10 Å². The molecule has 3 rings (SSSR count). The monoisotopic (exact) mass is 328 g/mol. The van der Waals surface area contributed by atoms with Crippen molar-refractivity contribution in [3.05, 3.63) is 28.8 Å². The van der Waals surface area contributed by atoms with Crippen LogP contribution in [0.2, 0.25) is 5.02 Å². The molecule has 0 aliphatic carbocycles. The summed E-state index contributed by atoms with van der Waals surface area (Å²) in [6, 6.07) is 5.45. The van der Waals surface area contributed by atoms with Gasteiger partial charge in [-0.2, -0.15) is 11.8 Å². The van der Waals surface area contributed by atoms with Crippen LogP contribution < -0.4 is 4.74 Å². The third-order valence-corrected chi connectivity index (χ3v) is 5.69. The number of halogens is 1. The van der Waals surface area contributed by atoms with Crippen LogP contribution in [-0.4, -0.2) is 34.9 Å². The van der Waals surface area contributed by atoms with Gasteiger partial charge in [0.15, 0.2) is 0 Å². The van der Waals surface area contributed by atoms with Crippen molar-refractivity contribution < 1.29 is 14.6 Å². The maximum atomic E-state index is 9.90. The summed E-state index contributed by atoms with van der Waals surface area (Å²) in [6.45, 7) is 2.49. The zero-order valence-corrected chi connectivity index (χ0v) is 13.8. The Labute approximate surface area is 135 Å². The smallest absolute Gasteiger partial charge is 0.125 e. The van der Waals surface area contributed by atoms with Crippen molar-refractivity contribution in [2.24, 2.45) is 0 Å². The van der Waals surface area contributed by atoms with Crippen molar-refractivity contribution in [3.8, 4) is 5.75 Å². The van der Waals surface area contributed by atoms with Crippen LogP contribution in [0, 0.1) is 0 Å². The number of ether oxygens (including phenoxy) is 2. The fraction of sp³-hybridized carbons (Fsp3) is 0.625. The van der Waals surface area contributed by atoms with E-state index in [2.05, 4.69) is 0 Å². The minimum absolute atomic E-state index is 0.00496. The van der Waals surface area contributed by atoms with Crippen LogP contribution in [0.4, 0.5) is 0 Å². The van der Waals surface area contributed by atoms with E-state index in [0.29, 0.717) is 5.02 Å². The van der Waals surface area contributed by atoms with E-state index in [9.17, 15) is 5.11 Å². The molecule has 116 valence electrons. The number of thioether (sulfide) groups is 1. The quantitative estimate of drug-likeness (QED) is 0.915. The SMILES string of the molecule is CC(O)c1cc(Cl)ccc1OC1CCOC2(CCSC2)C1. The summed E-state index contributed by atoms with van der Waals surface area (Å²) < 4.78 is 12.2. The second kappa shape index (κ2) is 6.37. The number of aliphatic hydroxyl groups is 1. The fourth-order valence-corrected chi connectivity index (χ4v) is 4.64. The van der Waals surface area contributed by atoms with E-state index in [-0.39, 0.29) is 11.7 Å². The molecule has 1 aromatic rings. The fourth-order valence-electron chi connectivity index (χ4n) is 3.08. The molecule has 2 aliphatic rings. The molecule has 0 bridgehead atoms. The highest BCUT2D eigenvalue weighted by Gasteiger charge is 2.41. The molecule has 0 amide bonds. The van der Waals surface area contributed by atoms with Gasteiger partial charge in [0.05, 0.1) is 18.3 Å². The first-order valence-corrected chi connectivity index (χ1v) is 8.97. The van der Waals surface area contributed by atoms with Crippen molar-refractivity contribution >= 4 is 23.4 Å². The zero-order valence-electron chi connectivity index (χ0n) is 12.2. The minimum Gasteiger partial charge on any atom is -0.490 e. The van der Waals surface area contributed by atoms with Crippen LogP contribution in [-0.2, 0) is 4.74 Å². The molecule has 2 saturated heterocycles. The first-order chi connectivity index (χ1) is 10.1. The Morgan fingerprint density at radius 3 is 3.10 bits per heavy atom. The molecule has 2 heterocycles. The van der Waals surface area contributed by atoms with Gasteiger partial charge in [0.25, 0.3) is 0 Å². The molecule has 2 fully saturated rings. The Hall–Kier alpha value is -0.420. The molecule has 0 saturated carbocycles. The highest BCUT2D eigenvalue weighted by Crippen LogP contribution is 2.40. The molecule has 1 N–H and O–H groups in total. The average Bonchev–Trinajstić information content (AvgIpc) is 2.88. The molecule has 3 atom stereocenters. The average molecular weight is 329 g/mol. The molecule has 3 unspecified atom stereocenters. The van der Waals surface area contributed by atoms with Gasteiger partial charge in [0.1, 0.15) is 11.9 Å². The third-order valence-electron chi connectivity index (χ3n) is 4.23. The maximum absolute atomic E-state index is 9.90. The molecular weight excluding hydrogens is 308 g/mol. The Bertz CT molecular complexity index is 500. The van der Waals surface area contributed by atoms with E-state index in [1.54, 1.807) is 13.0 Å². The van der Waals surface area contributed by atoms with Gasteiger partial charge in [-0.25, -0.2) is 0 Å². The second-order valence-electron chi connectivity index (χ2n) is 5.92. The number of aliphatic hydroxyl groups excluding tert-OH is 1. The van der Waals surface area contributed by atoms with Gasteiger partial charge < -0.3 is 14.6 Å². The van der Waals surface area contributed by atoms with Gasteiger partial charge >= 0.3 is 0 Å². The van der Waals surface area contributed by atoms with Crippen LogP contribution in [0.25, 0.3) is 0 Å². The lowest BCUT2D eigenvalue weighted by Crippen LogP contribution is -2.43. The molecule has 1 spiro atoms. The normalized spacial score (nSPS) is 30.5. The lowest BCUT2D eigenvalue weighted by Gasteiger charge is -2.38. The lowest BCUT2D eigenvalue weighted by molar-refractivity contribution is -0.0961. The van der Waals surface area contributed by atoms with Crippen LogP contribution in [0.1, 0.15) is 37.9 Å². The van der Waals surface area contributed by atoms with Crippen molar-refractivity contribution in [3.63, 3.8) is 0 Å². The third kappa shape index (κ3) is 3.50. The number of rotatable bonds is 3. The van der Waals surface area contributed by atoms with Gasteiger partial charge in [-0.1, -0.05) is 11.6 Å². The van der Waals surface area contributed by atoms with E-state index in [4.69, 9.17) is 21.1 Å². The van der Waals surface area contributed by atoms with Crippen LogP contribution in [0.5, 0.6) is 5.75 Å². The summed E-state index contributed by atoms with van der Waals surface area (Å²) in [4.78, 5) is 0. The highest BCUT2D eigenvalue weighted by atomic mass is 35.5. The largest absolute Gasteiger partial charge is 0.490 e. The Morgan fingerprint density at radius 2 is 2.38 bits per heavy atom. The van der Waals surface area contributed by atoms with Crippen molar-refractivity contribution in [1.29, 1.82) is 0 Å². The van der Waals surface area contributed by atoms with Crippen LogP contribution in [0.3, 0.4) is 0 Å². The summed E-state index contributed by atoms with van der Waals surface area (Å²) in [7, 11) is 0. The Kier molecular flexibility index (Phi) is 4.69. The standard InChI is InChI=1S/C16H21ClO3S/c1-11(18)14-8-12(17)2-3-15(14)20-13-4-6-19-16(9-13)5-7-21-10-16/h2-3,8,11,13,18H,4-7,9-10H2,1H3. The topological polar surface area (TPSA) is 38.7 Å². The molecule has 2 aliphatic heterocycles. The van der Waals surface area contributed by atoms with Crippen LogP contribution >= 0.6 is 23.4 Å². The second-order valence-corrected chi connectivity index (χ2v) is 7.47. The summed E-state index contributed by atoms with van der Waals surface area (Å²) in [5.74, 6) is 2.98. The van der Waals surface area contributed by atoms with Gasteiger partial charge in [-0.3, -0.25) is 0 Å².